The zero-order chi connectivity index (χ0) is 17.9. The molecule has 0 atom stereocenters. The molecule has 0 bridgehead atoms. The molecule has 0 heterocycles. The Balaban J connectivity index is 2.50. The van der Waals surface area contributed by atoms with Crippen LogP contribution in [0, 0.1) is 0 Å². The Hall–Kier alpha value is -2.54. The molecular formula is C17H19NO5S. The minimum atomic E-state index is -3.79. The zero-order valence-electron chi connectivity index (χ0n) is 13.6. The second-order valence-corrected chi connectivity index (χ2v) is 7.44. The first-order valence-electron chi connectivity index (χ1n) is 7.31. The van der Waals surface area contributed by atoms with E-state index in [0.717, 1.165) is 4.31 Å². The summed E-state index contributed by atoms with van der Waals surface area (Å²) in [5.41, 5.74) is 0.174. The Bertz CT molecular complexity index is 831. The normalized spacial score (nSPS) is 11.3. The topological polar surface area (TPSA) is 83.9 Å². The van der Waals surface area contributed by atoms with Gasteiger partial charge in [0.2, 0.25) is 0 Å². The number of aromatic carboxylic acids is 1. The molecule has 0 aliphatic heterocycles. The molecule has 2 rings (SSSR count). The fraction of sp³-hybridized carbons (Fsp3) is 0.235. The molecule has 2 aromatic carbocycles. The molecule has 0 saturated carbocycles. The average molecular weight is 349 g/mol. The van der Waals surface area contributed by atoms with Gasteiger partial charge in [-0.1, -0.05) is 18.2 Å². The fourth-order valence-electron chi connectivity index (χ4n) is 2.12. The second kappa shape index (κ2) is 6.92. The Morgan fingerprint density at radius 2 is 1.75 bits per heavy atom. The third kappa shape index (κ3) is 3.86. The van der Waals surface area contributed by atoms with E-state index in [-0.39, 0.29) is 22.3 Å². The summed E-state index contributed by atoms with van der Waals surface area (Å²) in [6, 6.07) is 12.1. The zero-order valence-corrected chi connectivity index (χ0v) is 14.4. The first-order chi connectivity index (χ1) is 11.2. The van der Waals surface area contributed by atoms with Crippen molar-refractivity contribution in [3.8, 4) is 5.75 Å². The lowest BCUT2D eigenvalue weighted by molar-refractivity contribution is 0.0696. The highest BCUT2D eigenvalue weighted by atomic mass is 32.2. The SMILES string of the molecule is CC(C)Oc1cc(C(=O)O)cc(N(C)S(=O)(=O)c2ccccc2)c1. The number of carboxylic acid groups (broad SMARTS) is 1. The van der Waals surface area contributed by atoms with Crippen molar-refractivity contribution in [2.45, 2.75) is 24.8 Å². The highest BCUT2D eigenvalue weighted by Gasteiger charge is 2.22. The molecular weight excluding hydrogens is 330 g/mol. The van der Waals surface area contributed by atoms with Gasteiger partial charge < -0.3 is 9.84 Å². The van der Waals surface area contributed by atoms with Gasteiger partial charge in [0.1, 0.15) is 5.75 Å². The van der Waals surface area contributed by atoms with Crippen LogP contribution in [0.2, 0.25) is 0 Å². The molecule has 0 aromatic heterocycles. The van der Waals surface area contributed by atoms with E-state index in [2.05, 4.69) is 0 Å². The maximum absolute atomic E-state index is 12.7. The number of carbonyl (C=O) groups is 1. The van der Waals surface area contributed by atoms with Crippen LogP contribution < -0.4 is 9.04 Å². The maximum Gasteiger partial charge on any atom is 0.335 e. The number of carboxylic acids is 1. The molecule has 0 aliphatic rings. The molecule has 0 fully saturated rings. The molecule has 6 nitrogen and oxygen atoms in total. The maximum atomic E-state index is 12.7. The quantitative estimate of drug-likeness (QED) is 0.867. The summed E-state index contributed by atoms with van der Waals surface area (Å²) in [6.07, 6.45) is -0.169. The summed E-state index contributed by atoms with van der Waals surface area (Å²) in [5, 5.41) is 9.25. The van der Waals surface area contributed by atoms with Gasteiger partial charge in [-0.15, -0.1) is 0 Å². The number of benzene rings is 2. The third-order valence-corrected chi connectivity index (χ3v) is 5.08. The first kappa shape index (κ1) is 17.8. The highest BCUT2D eigenvalue weighted by Crippen LogP contribution is 2.28. The number of hydrogen-bond donors (Lipinski definition) is 1. The predicted octanol–water partition coefficient (Wildman–Crippen LogP) is 3.00. The number of ether oxygens (including phenoxy) is 1. The van der Waals surface area contributed by atoms with E-state index in [9.17, 15) is 18.3 Å². The Morgan fingerprint density at radius 3 is 2.29 bits per heavy atom. The molecule has 128 valence electrons. The summed E-state index contributed by atoms with van der Waals surface area (Å²) >= 11 is 0. The van der Waals surface area contributed by atoms with Crippen molar-refractivity contribution in [2.75, 3.05) is 11.4 Å². The van der Waals surface area contributed by atoms with Crippen molar-refractivity contribution in [3.05, 3.63) is 54.1 Å². The largest absolute Gasteiger partial charge is 0.491 e. The van der Waals surface area contributed by atoms with Gasteiger partial charge in [-0.2, -0.15) is 0 Å². The van der Waals surface area contributed by atoms with E-state index < -0.39 is 16.0 Å². The van der Waals surface area contributed by atoms with E-state index in [4.69, 9.17) is 4.74 Å². The molecule has 7 heteroatoms. The van der Waals surface area contributed by atoms with Gasteiger partial charge in [-0.3, -0.25) is 4.31 Å². The van der Waals surface area contributed by atoms with E-state index in [1.165, 1.54) is 37.4 Å². The fourth-order valence-corrected chi connectivity index (χ4v) is 3.32. The Morgan fingerprint density at radius 1 is 1.12 bits per heavy atom. The highest BCUT2D eigenvalue weighted by molar-refractivity contribution is 7.92. The van der Waals surface area contributed by atoms with Crippen molar-refractivity contribution in [1.29, 1.82) is 0 Å². The van der Waals surface area contributed by atoms with Crippen LogP contribution in [0.25, 0.3) is 0 Å². The smallest absolute Gasteiger partial charge is 0.335 e. The van der Waals surface area contributed by atoms with Crippen LogP contribution in [0.3, 0.4) is 0 Å². The number of nitrogens with zero attached hydrogens (tertiary/aromatic N) is 1. The molecule has 24 heavy (non-hydrogen) atoms. The van der Waals surface area contributed by atoms with Gasteiger partial charge in [0.15, 0.2) is 0 Å². The predicted molar refractivity (Wildman–Crippen MR) is 91.2 cm³/mol. The van der Waals surface area contributed by atoms with Crippen molar-refractivity contribution in [3.63, 3.8) is 0 Å². The summed E-state index contributed by atoms with van der Waals surface area (Å²) in [7, 11) is -2.42. The van der Waals surface area contributed by atoms with Crippen molar-refractivity contribution < 1.29 is 23.1 Å². The summed E-state index contributed by atoms with van der Waals surface area (Å²) in [6.45, 7) is 3.61. The van der Waals surface area contributed by atoms with E-state index >= 15 is 0 Å². The van der Waals surface area contributed by atoms with Crippen LogP contribution in [0.5, 0.6) is 5.75 Å². The van der Waals surface area contributed by atoms with Gasteiger partial charge >= 0.3 is 5.97 Å². The molecule has 0 saturated heterocycles. The van der Waals surface area contributed by atoms with Crippen LogP contribution in [-0.4, -0.2) is 32.6 Å². The van der Waals surface area contributed by atoms with Crippen molar-refractivity contribution in [2.24, 2.45) is 0 Å². The lowest BCUT2D eigenvalue weighted by Gasteiger charge is -2.21. The van der Waals surface area contributed by atoms with Gasteiger partial charge in [0, 0.05) is 13.1 Å². The standard InChI is InChI=1S/C17H19NO5S/c1-12(2)23-15-10-13(17(19)20)9-14(11-15)18(3)24(21,22)16-7-5-4-6-8-16/h4-12H,1-3H3,(H,19,20). The lowest BCUT2D eigenvalue weighted by Crippen LogP contribution is -2.26. The van der Waals surface area contributed by atoms with Crippen LogP contribution in [0.15, 0.2) is 53.4 Å². The Labute approximate surface area is 141 Å². The third-order valence-electron chi connectivity index (χ3n) is 3.28. The molecule has 1 N–H and O–H groups in total. The molecule has 0 amide bonds. The van der Waals surface area contributed by atoms with E-state index in [1.54, 1.807) is 32.0 Å². The summed E-state index contributed by atoms with van der Waals surface area (Å²) < 4.78 is 31.9. The monoisotopic (exact) mass is 349 g/mol. The minimum Gasteiger partial charge on any atom is -0.491 e. The van der Waals surface area contributed by atoms with Gasteiger partial charge in [0.25, 0.3) is 10.0 Å². The second-order valence-electron chi connectivity index (χ2n) is 5.47. The molecule has 0 unspecified atom stereocenters. The Kier molecular flexibility index (Phi) is 5.14. The number of hydrogen-bond acceptors (Lipinski definition) is 4. The number of rotatable bonds is 6. The summed E-state index contributed by atoms with van der Waals surface area (Å²) in [5.74, 6) is -0.856. The number of anilines is 1. The van der Waals surface area contributed by atoms with Gasteiger partial charge in [-0.05, 0) is 38.1 Å². The minimum absolute atomic E-state index is 0.0433. The van der Waals surface area contributed by atoms with Crippen molar-refractivity contribution >= 4 is 21.7 Å². The van der Waals surface area contributed by atoms with E-state index in [1.807, 2.05) is 0 Å². The van der Waals surface area contributed by atoms with Gasteiger partial charge in [-0.25, -0.2) is 13.2 Å². The van der Waals surface area contributed by atoms with Crippen LogP contribution in [0.1, 0.15) is 24.2 Å². The molecule has 2 aromatic rings. The van der Waals surface area contributed by atoms with Gasteiger partial charge in [0.05, 0.1) is 22.3 Å². The number of sulfonamides is 1. The molecule has 0 radical (unpaired) electrons. The first-order valence-corrected chi connectivity index (χ1v) is 8.75. The van der Waals surface area contributed by atoms with Crippen LogP contribution >= 0.6 is 0 Å². The lowest BCUT2D eigenvalue weighted by atomic mass is 10.2. The van der Waals surface area contributed by atoms with E-state index in [0.29, 0.717) is 5.75 Å². The van der Waals surface area contributed by atoms with Crippen molar-refractivity contribution in [1.82, 2.24) is 0 Å². The average Bonchev–Trinajstić information content (AvgIpc) is 2.54. The van der Waals surface area contributed by atoms with Crippen LogP contribution in [-0.2, 0) is 10.0 Å². The van der Waals surface area contributed by atoms with Crippen LogP contribution in [0.4, 0.5) is 5.69 Å². The summed E-state index contributed by atoms with van der Waals surface area (Å²) in [4.78, 5) is 11.4. The molecule has 0 spiro atoms. The molecule has 0 aliphatic carbocycles.